The molecule has 0 bridgehead atoms. The van der Waals surface area contributed by atoms with Crippen molar-refractivity contribution in [2.24, 2.45) is 0 Å². The number of rotatable bonds is 4. The van der Waals surface area contributed by atoms with Gasteiger partial charge in [0, 0.05) is 0 Å². The van der Waals surface area contributed by atoms with Crippen molar-refractivity contribution in [3.05, 3.63) is 70.8 Å². The molecule has 0 aromatic heterocycles. The third-order valence-corrected chi connectivity index (χ3v) is 4.38. The van der Waals surface area contributed by atoms with Crippen LogP contribution in [0.1, 0.15) is 35.2 Å². The van der Waals surface area contributed by atoms with E-state index in [1.807, 2.05) is 62.4 Å². The summed E-state index contributed by atoms with van der Waals surface area (Å²) in [5, 5.41) is 0. The zero-order valence-corrected chi connectivity index (χ0v) is 14.5. The minimum atomic E-state index is -0.772. The van der Waals surface area contributed by atoms with Crippen LogP contribution < -0.4 is 0 Å². The molecule has 0 spiro atoms. The molecule has 1 fully saturated rings. The molecule has 5 nitrogen and oxygen atoms in total. The van der Waals surface area contributed by atoms with Crippen molar-refractivity contribution in [3.8, 4) is 0 Å². The first kappa shape index (κ1) is 16.9. The highest BCUT2D eigenvalue weighted by Gasteiger charge is 2.46. The SMILES string of the molecule is Cc1cc(C)cc(CN2C(=O)C(=O)N(C(C)c3ccccc3)C2=O)c1. The second-order valence-electron chi connectivity index (χ2n) is 6.43. The molecule has 0 aliphatic carbocycles. The van der Waals surface area contributed by atoms with E-state index >= 15 is 0 Å². The van der Waals surface area contributed by atoms with Crippen LogP contribution in [0.25, 0.3) is 0 Å². The number of hydrogen-bond donors (Lipinski definition) is 0. The van der Waals surface area contributed by atoms with E-state index in [9.17, 15) is 14.4 Å². The maximum atomic E-state index is 12.7. The summed E-state index contributed by atoms with van der Waals surface area (Å²) in [7, 11) is 0. The number of amides is 4. The van der Waals surface area contributed by atoms with Crippen LogP contribution in [-0.2, 0) is 16.1 Å². The summed E-state index contributed by atoms with van der Waals surface area (Å²) < 4.78 is 0. The Kier molecular flexibility index (Phi) is 4.40. The molecule has 0 saturated carbocycles. The van der Waals surface area contributed by atoms with Gasteiger partial charge in [-0.2, -0.15) is 0 Å². The number of urea groups is 1. The number of imide groups is 2. The normalized spacial score (nSPS) is 15.9. The van der Waals surface area contributed by atoms with Crippen LogP contribution in [0.3, 0.4) is 0 Å². The average Bonchev–Trinajstić information content (AvgIpc) is 2.78. The molecule has 4 amide bonds. The minimum absolute atomic E-state index is 0.101. The number of benzene rings is 2. The molecule has 1 atom stereocenters. The highest BCUT2D eigenvalue weighted by Crippen LogP contribution is 2.27. The molecule has 0 radical (unpaired) electrons. The van der Waals surface area contributed by atoms with Gasteiger partial charge in [0.1, 0.15) is 0 Å². The first-order valence-corrected chi connectivity index (χ1v) is 8.19. The summed E-state index contributed by atoms with van der Waals surface area (Å²) in [5.41, 5.74) is 3.75. The van der Waals surface area contributed by atoms with Crippen LogP contribution in [0.4, 0.5) is 4.79 Å². The van der Waals surface area contributed by atoms with Crippen molar-refractivity contribution in [3.63, 3.8) is 0 Å². The van der Waals surface area contributed by atoms with Gasteiger partial charge in [-0.1, -0.05) is 59.7 Å². The van der Waals surface area contributed by atoms with E-state index in [1.54, 1.807) is 6.92 Å². The fourth-order valence-electron chi connectivity index (χ4n) is 3.23. The zero-order valence-electron chi connectivity index (χ0n) is 14.5. The second-order valence-corrected chi connectivity index (χ2v) is 6.43. The van der Waals surface area contributed by atoms with Gasteiger partial charge < -0.3 is 0 Å². The number of carbonyl (C=O) groups excluding carboxylic acids is 3. The van der Waals surface area contributed by atoms with Gasteiger partial charge in [-0.15, -0.1) is 0 Å². The second kappa shape index (κ2) is 6.51. The lowest BCUT2D eigenvalue weighted by atomic mass is 10.1. The van der Waals surface area contributed by atoms with E-state index in [-0.39, 0.29) is 6.54 Å². The monoisotopic (exact) mass is 336 g/mol. The van der Waals surface area contributed by atoms with Crippen molar-refractivity contribution in [1.82, 2.24) is 9.80 Å². The first-order chi connectivity index (χ1) is 11.9. The van der Waals surface area contributed by atoms with Crippen LogP contribution >= 0.6 is 0 Å². The van der Waals surface area contributed by atoms with Gasteiger partial charge >= 0.3 is 17.8 Å². The van der Waals surface area contributed by atoms with Gasteiger partial charge in [0.2, 0.25) is 0 Å². The number of hydrogen-bond acceptors (Lipinski definition) is 3. The van der Waals surface area contributed by atoms with Gasteiger partial charge in [-0.25, -0.2) is 9.69 Å². The fraction of sp³-hybridized carbons (Fsp3) is 0.250. The van der Waals surface area contributed by atoms with Crippen molar-refractivity contribution in [2.45, 2.75) is 33.4 Å². The molecule has 3 rings (SSSR count). The molecule has 2 aromatic carbocycles. The molecule has 1 saturated heterocycles. The third kappa shape index (κ3) is 3.18. The predicted octanol–water partition coefficient (Wildman–Crippen LogP) is 3.36. The molecule has 1 heterocycles. The Balaban J connectivity index is 1.87. The molecule has 1 unspecified atom stereocenters. The quantitative estimate of drug-likeness (QED) is 0.635. The van der Waals surface area contributed by atoms with Crippen LogP contribution in [0.2, 0.25) is 0 Å². The summed E-state index contributed by atoms with van der Waals surface area (Å²) in [5.74, 6) is -1.54. The predicted molar refractivity (Wildman–Crippen MR) is 93.6 cm³/mol. The van der Waals surface area contributed by atoms with Gasteiger partial charge in [-0.3, -0.25) is 14.5 Å². The molecule has 25 heavy (non-hydrogen) atoms. The Morgan fingerprint density at radius 3 is 2.08 bits per heavy atom. The molecule has 0 N–H and O–H groups in total. The van der Waals surface area contributed by atoms with Crippen molar-refractivity contribution in [2.75, 3.05) is 0 Å². The largest absolute Gasteiger partial charge is 0.335 e. The maximum absolute atomic E-state index is 12.7. The standard InChI is InChI=1S/C20H20N2O3/c1-13-9-14(2)11-16(10-13)12-21-18(23)19(24)22(20(21)25)15(3)17-7-5-4-6-8-17/h4-11,15H,12H2,1-3H3. The van der Waals surface area contributed by atoms with Gasteiger partial charge in [0.25, 0.3) is 0 Å². The van der Waals surface area contributed by atoms with E-state index in [2.05, 4.69) is 0 Å². The first-order valence-electron chi connectivity index (χ1n) is 8.19. The third-order valence-electron chi connectivity index (χ3n) is 4.38. The zero-order chi connectivity index (χ0) is 18.1. The van der Waals surface area contributed by atoms with Gasteiger partial charge in [0.05, 0.1) is 12.6 Å². The molecule has 128 valence electrons. The molecular formula is C20H20N2O3. The lowest BCUT2D eigenvalue weighted by molar-refractivity contribution is -0.144. The van der Waals surface area contributed by atoms with E-state index in [1.165, 1.54) is 0 Å². The highest BCUT2D eigenvalue weighted by molar-refractivity contribution is 6.44. The van der Waals surface area contributed by atoms with Crippen molar-refractivity contribution in [1.29, 1.82) is 0 Å². The Morgan fingerprint density at radius 2 is 1.48 bits per heavy atom. The Hall–Kier alpha value is -2.95. The van der Waals surface area contributed by atoms with Crippen molar-refractivity contribution < 1.29 is 14.4 Å². The van der Waals surface area contributed by atoms with Gasteiger partial charge in [-0.05, 0) is 31.9 Å². The van der Waals surface area contributed by atoms with E-state index < -0.39 is 23.9 Å². The Labute approximate surface area is 146 Å². The van der Waals surface area contributed by atoms with Crippen LogP contribution in [0, 0.1) is 13.8 Å². The highest BCUT2D eigenvalue weighted by atomic mass is 16.2. The summed E-state index contributed by atoms with van der Waals surface area (Å²) >= 11 is 0. The molecule has 1 aliphatic heterocycles. The molecule has 1 aliphatic rings. The average molecular weight is 336 g/mol. The Bertz CT molecular complexity index is 825. The van der Waals surface area contributed by atoms with Crippen LogP contribution in [0.5, 0.6) is 0 Å². The lowest BCUT2D eigenvalue weighted by Crippen LogP contribution is -2.35. The topological polar surface area (TPSA) is 57.7 Å². The summed E-state index contributed by atoms with van der Waals surface area (Å²) in [4.78, 5) is 39.5. The van der Waals surface area contributed by atoms with Crippen LogP contribution in [0.15, 0.2) is 48.5 Å². The van der Waals surface area contributed by atoms with E-state index in [4.69, 9.17) is 0 Å². The number of nitrogens with zero attached hydrogens (tertiary/aromatic N) is 2. The summed E-state index contributed by atoms with van der Waals surface area (Å²) in [6.07, 6.45) is 0. The van der Waals surface area contributed by atoms with Gasteiger partial charge in [0.15, 0.2) is 0 Å². The fourth-order valence-corrected chi connectivity index (χ4v) is 3.23. The smallest absolute Gasteiger partial charge is 0.263 e. The molecule has 2 aromatic rings. The van der Waals surface area contributed by atoms with Crippen LogP contribution in [-0.4, -0.2) is 27.6 Å². The van der Waals surface area contributed by atoms with E-state index in [0.717, 1.165) is 32.1 Å². The number of carbonyl (C=O) groups is 3. The minimum Gasteiger partial charge on any atom is -0.263 e. The summed E-state index contributed by atoms with van der Waals surface area (Å²) in [6, 6.07) is 14.0. The number of aryl methyl sites for hydroxylation is 2. The van der Waals surface area contributed by atoms with E-state index in [0.29, 0.717) is 0 Å². The van der Waals surface area contributed by atoms with Crippen molar-refractivity contribution >= 4 is 17.8 Å². The summed E-state index contributed by atoms with van der Waals surface area (Å²) in [6.45, 7) is 5.76. The molecular weight excluding hydrogens is 316 g/mol. The maximum Gasteiger partial charge on any atom is 0.335 e. The Morgan fingerprint density at radius 1 is 0.880 bits per heavy atom. The lowest BCUT2D eigenvalue weighted by Gasteiger charge is -2.22. The molecule has 5 heteroatoms.